The molecule has 1 heterocycles. The zero-order chi connectivity index (χ0) is 10.8. The lowest BCUT2D eigenvalue weighted by Crippen LogP contribution is -1.84. The van der Waals surface area contributed by atoms with Gasteiger partial charge in [-0.25, -0.2) is 0 Å². The van der Waals surface area contributed by atoms with E-state index in [2.05, 4.69) is 32.7 Å². The number of hydrogen-bond acceptors (Lipinski definition) is 4. The number of aliphatic hydroxyl groups is 1. The number of benzene rings is 1. The smallest absolute Gasteiger partial charge is 0.252 e. The van der Waals surface area contributed by atoms with Crippen LogP contribution in [-0.2, 0) is 6.61 Å². The summed E-state index contributed by atoms with van der Waals surface area (Å²) in [5, 5.41) is 13.1. The van der Waals surface area contributed by atoms with E-state index in [9.17, 15) is 0 Å². The first-order chi connectivity index (χ1) is 7.19. The number of aromatic nitrogens is 2. The topological polar surface area (TPSA) is 59.2 Å². The number of halogens is 2. The molecular weight excluding hydrogens is 330 g/mol. The first-order valence-electron chi connectivity index (χ1n) is 4.09. The fourth-order valence-corrected chi connectivity index (χ4v) is 2.21. The normalized spacial score (nSPS) is 10.6. The SMILES string of the molecule is OCc1nc(-c2cc(Cl)cc(I)c2)no1. The monoisotopic (exact) mass is 336 g/mol. The van der Waals surface area contributed by atoms with Crippen LogP contribution in [0.3, 0.4) is 0 Å². The second kappa shape index (κ2) is 4.46. The molecule has 1 aromatic heterocycles. The highest BCUT2D eigenvalue weighted by molar-refractivity contribution is 14.1. The fraction of sp³-hybridized carbons (Fsp3) is 0.111. The van der Waals surface area contributed by atoms with Crippen LogP contribution in [0.2, 0.25) is 5.02 Å². The predicted molar refractivity (Wildman–Crippen MR) is 63.4 cm³/mol. The summed E-state index contributed by atoms with van der Waals surface area (Å²) in [4.78, 5) is 3.99. The van der Waals surface area contributed by atoms with Gasteiger partial charge in [0.1, 0.15) is 6.61 Å². The van der Waals surface area contributed by atoms with E-state index in [0.29, 0.717) is 10.8 Å². The summed E-state index contributed by atoms with van der Waals surface area (Å²) in [6.45, 7) is -0.259. The van der Waals surface area contributed by atoms with Crippen molar-refractivity contribution < 1.29 is 9.63 Å². The number of rotatable bonds is 2. The first kappa shape index (κ1) is 10.8. The molecule has 2 aromatic rings. The van der Waals surface area contributed by atoms with Gasteiger partial charge < -0.3 is 9.63 Å². The Balaban J connectivity index is 2.44. The third-order valence-electron chi connectivity index (χ3n) is 1.72. The summed E-state index contributed by atoms with van der Waals surface area (Å²) in [5.74, 6) is 0.624. The Hall–Kier alpha value is -0.660. The fourth-order valence-electron chi connectivity index (χ4n) is 1.12. The van der Waals surface area contributed by atoms with Crippen LogP contribution in [0.5, 0.6) is 0 Å². The third kappa shape index (κ3) is 2.47. The highest BCUT2D eigenvalue weighted by Crippen LogP contribution is 2.23. The molecule has 0 aliphatic carbocycles. The van der Waals surface area contributed by atoms with Crippen molar-refractivity contribution >= 4 is 34.2 Å². The molecule has 6 heteroatoms. The Labute approximate surface area is 104 Å². The lowest BCUT2D eigenvalue weighted by Gasteiger charge is -1.97. The van der Waals surface area contributed by atoms with Gasteiger partial charge in [0, 0.05) is 14.2 Å². The van der Waals surface area contributed by atoms with Crippen LogP contribution in [0.25, 0.3) is 11.4 Å². The molecule has 2 rings (SSSR count). The van der Waals surface area contributed by atoms with Gasteiger partial charge in [0.2, 0.25) is 5.82 Å². The molecule has 0 atom stereocenters. The Morgan fingerprint density at radius 3 is 2.80 bits per heavy atom. The molecule has 0 amide bonds. The quantitative estimate of drug-likeness (QED) is 0.856. The molecule has 0 aliphatic rings. The van der Waals surface area contributed by atoms with Gasteiger partial charge in [0.15, 0.2) is 0 Å². The summed E-state index contributed by atoms with van der Waals surface area (Å²) in [5.41, 5.74) is 0.773. The van der Waals surface area contributed by atoms with Crippen molar-refractivity contribution in [2.75, 3.05) is 0 Å². The molecule has 15 heavy (non-hydrogen) atoms. The van der Waals surface area contributed by atoms with Gasteiger partial charge in [-0.15, -0.1) is 0 Å². The lowest BCUT2D eigenvalue weighted by atomic mass is 10.2. The van der Waals surface area contributed by atoms with Crippen molar-refractivity contribution in [2.24, 2.45) is 0 Å². The summed E-state index contributed by atoms with van der Waals surface area (Å²) >= 11 is 8.05. The van der Waals surface area contributed by atoms with Gasteiger partial charge in [-0.1, -0.05) is 16.8 Å². The highest BCUT2D eigenvalue weighted by Gasteiger charge is 2.08. The average Bonchev–Trinajstić information content (AvgIpc) is 2.64. The van der Waals surface area contributed by atoms with Crippen molar-refractivity contribution in [1.82, 2.24) is 10.1 Å². The minimum Gasteiger partial charge on any atom is -0.387 e. The average molecular weight is 337 g/mol. The van der Waals surface area contributed by atoms with E-state index in [1.54, 1.807) is 6.07 Å². The van der Waals surface area contributed by atoms with Gasteiger partial charge in [-0.3, -0.25) is 0 Å². The van der Waals surface area contributed by atoms with E-state index in [1.165, 1.54) is 0 Å². The van der Waals surface area contributed by atoms with Gasteiger partial charge in [-0.05, 0) is 40.8 Å². The zero-order valence-corrected chi connectivity index (χ0v) is 10.4. The van der Waals surface area contributed by atoms with Gasteiger partial charge in [0.05, 0.1) is 0 Å². The summed E-state index contributed by atoms with van der Waals surface area (Å²) in [6.07, 6.45) is 0. The number of nitrogens with zero attached hydrogens (tertiary/aromatic N) is 2. The largest absolute Gasteiger partial charge is 0.387 e. The second-order valence-electron chi connectivity index (χ2n) is 2.83. The Bertz CT molecular complexity index is 466. The maximum atomic E-state index is 8.78. The maximum absolute atomic E-state index is 8.78. The Morgan fingerprint density at radius 1 is 1.40 bits per heavy atom. The molecule has 0 radical (unpaired) electrons. The van der Waals surface area contributed by atoms with Crippen LogP contribution >= 0.6 is 34.2 Å². The molecule has 78 valence electrons. The van der Waals surface area contributed by atoms with Gasteiger partial charge in [-0.2, -0.15) is 4.98 Å². The Morgan fingerprint density at radius 2 is 2.20 bits per heavy atom. The molecule has 0 bridgehead atoms. The minimum atomic E-state index is -0.259. The van der Waals surface area contributed by atoms with Gasteiger partial charge in [0.25, 0.3) is 5.89 Å². The number of hydrogen-bond donors (Lipinski definition) is 1. The van der Waals surface area contributed by atoms with Crippen LogP contribution in [-0.4, -0.2) is 15.2 Å². The summed E-state index contributed by atoms with van der Waals surface area (Å²) in [6, 6.07) is 5.47. The van der Waals surface area contributed by atoms with Crippen molar-refractivity contribution in [3.63, 3.8) is 0 Å². The van der Waals surface area contributed by atoms with Crippen LogP contribution in [0, 0.1) is 3.57 Å². The van der Waals surface area contributed by atoms with E-state index in [4.69, 9.17) is 21.2 Å². The molecule has 1 aromatic carbocycles. The molecule has 0 fully saturated rings. The molecule has 4 nitrogen and oxygen atoms in total. The predicted octanol–water partition coefficient (Wildman–Crippen LogP) is 2.49. The summed E-state index contributed by atoms with van der Waals surface area (Å²) < 4.78 is 5.78. The molecular formula is C9H6ClIN2O2. The molecule has 0 aliphatic heterocycles. The maximum Gasteiger partial charge on any atom is 0.252 e. The summed E-state index contributed by atoms with van der Waals surface area (Å²) in [7, 11) is 0. The van der Waals surface area contributed by atoms with Crippen molar-refractivity contribution in [3.05, 3.63) is 32.7 Å². The molecule has 0 unspecified atom stereocenters. The van der Waals surface area contributed by atoms with E-state index >= 15 is 0 Å². The zero-order valence-electron chi connectivity index (χ0n) is 7.44. The van der Waals surface area contributed by atoms with Gasteiger partial charge >= 0.3 is 0 Å². The number of aliphatic hydroxyl groups excluding tert-OH is 1. The van der Waals surface area contributed by atoms with E-state index in [1.807, 2.05) is 12.1 Å². The van der Waals surface area contributed by atoms with E-state index in [-0.39, 0.29) is 12.5 Å². The lowest BCUT2D eigenvalue weighted by molar-refractivity contribution is 0.222. The standard InChI is InChI=1S/C9H6ClIN2O2/c10-6-1-5(2-7(11)3-6)9-12-8(4-14)15-13-9/h1-3,14H,4H2. The van der Waals surface area contributed by atoms with E-state index in [0.717, 1.165) is 9.13 Å². The molecule has 0 saturated carbocycles. The first-order valence-corrected chi connectivity index (χ1v) is 5.54. The van der Waals surface area contributed by atoms with Crippen LogP contribution in [0.4, 0.5) is 0 Å². The van der Waals surface area contributed by atoms with Crippen molar-refractivity contribution in [3.8, 4) is 11.4 Å². The van der Waals surface area contributed by atoms with E-state index < -0.39 is 0 Å². The molecule has 0 spiro atoms. The van der Waals surface area contributed by atoms with Crippen LogP contribution < -0.4 is 0 Å². The van der Waals surface area contributed by atoms with Crippen molar-refractivity contribution in [2.45, 2.75) is 6.61 Å². The third-order valence-corrected chi connectivity index (χ3v) is 2.57. The molecule has 0 saturated heterocycles. The van der Waals surface area contributed by atoms with Crippen molar-refractivity contribution in [1.29, 1.82) is 0 Å². The molecule has 1 N–H and O–H groups in total. The van der Waals surface area contributed by atoms with Crippen LogP contribution in [0.1, 0.15) is 5.89 Å². The Kier molecular flexibility index (Phi) is 3.22. The highest BCUT2D eigenvalue weighted by atomic mass is 127. The van der Waals surface area contributed by atoms with Crippen LogP contribution in [0.15, 0.2) is 22.7 Å². The minimum absolute atomic E-state index is 0.194. The second-order valence-corrected chi connectivity index (χ2v) is 4.51.